The Bertz CT molecular complexity index is 1740. The van der Waals surface area contributed by atoms with E-state index in [1.165, 1.54) is 0 Å². The highest BCUT2D eigenvalue weighted by atomic mass is 16.5. The topological polar surface area (TPSA) is 144 Å². The number of nitrogens with zero attached hydrogens (tertiary/aromatic N) is 3. The third-order valence-electron chi connectivity index (χ3n) is 11.1. The molecule has 0 unspecified atom stereocenters. The molecule has 3 N–H and O–H groups in total. The van der Waals surface area contributed by atoms with Gasteiger partial charge in [0.2, 0.25) is 23.6 Å². The summed E-state index contributed by atoms with van der Waals surface area (Å²) in [6, 6.07) is 16.4. The Balaban J connectivity index is 1.33. The van der Waals surface area contributed by atoms with Gasteiger partial charge in [0, 0.05) is 54.9 Å². The van der Waals surface area contributed by atoms with Crippen molar-refractivity contribution in [3.8, 4) is 22.8 Å². The van der Waals surface area contributed by atoms with E-state index in [-0.39, 0.29) is 31.2 Å². The van der Waals surface area contributed by atoms with Gasteiger partial charge in [0.05, 0.1) is 24.9 Å². The standard InChI is InChI=1S/C41H53N5O6/c1-41(40(42)50)20-12-6-4-3-5-9-17-29(23-37(47)45-21-13-8-14-22-45)39(49)46-27-31(25-35(46)38(48)44-41)52-36-26-33(28-15-10-7-11-16-28)43-34-24-30(51-2)18-19-32(34)36/h7,10-11,15-16,18-19,24,26,29,31,35H,3-6,8-9,12-14,17,20-23,25,27H2,1-2H3,(H2,42,50)(H,44,48)/t29-,31-,35+,41-/m1/s1. The molecular formula is C41H53N5O6. The van der Waals surface area contributed by atoms with Crippen molar-refractivity contribution in [1.29, 1.82) is 0 Å². The zero-order chi connectivity index (χ0) is 36.7. The lowest BCUT2D eigenvalue weighted by Gasteiger charge is -2.33. The fraction of sp³-hybridized carbons (Fsp3) is 0.537. The molecule has 3 aliphatic heterocycles. The summed E-state index contributed by atoms with van der Waals surface area (Å²) in [5.74, 6) is -0.593. The molecule has 4 atom stereocenters. The largest absolute Gasteiger partial charge is 0.497 e. The van der Waals surface area contributed by atoms with Gasteiger partial charge in [-0.05, 0) is 51.2 Å². The van der Waals surface area contributed by atoms with Crippen LogP contribution >= 0.6 is 0 Å². The highest BCUT2D eigenvalue weighted by Gasteiger charge is 2.45. The summed E-state index contributed by atoms with van der Waals surface area (Å²) in [5.41, 5.74) is 6.94. The maximum Gasteiger partial charge on any atom is 0.243 e. The summed E-state index contributed by atoms with van der Waals surface area (Å²) >= 11 is 0. The van der Waals surface area contributed by atoms with Crippen molar-refractivity contribution >= 4 is 34.5 Å². The minimum absolute atomic E-state index is 0.00241. The Morgan fingerprint density at radius 1 is 0.942 bits per heavy atom. The summed E-state index contributed by atoms with van der Waals surface area (Å²) < 4.78 is 12.2. The molecule has 278 valence electrons. The van der Waals surface area contributed by atoms with Crippen molar-refractivity contribution in [3.05, 3.63) is 54.6 Å². The van der Waals surface area contributed by atoms with E-state index >= 15 is 0 Å². The fourth-order valence-corrected chi connectivity index (χ4v) is 7.92. The third-order valence-corrected chi connectivity index (χ3v) is 11.1. The van der Waals surface area contributed by atoms with Crippen LogP contribution in [0.2, 0.25) is 0 Å². The Morgan fingerprint density at radius 3 is 2.38 bits per heavy atom. The van der Waals surface area contributed by atoms with Gasteiger partial charge in [0.1, 0.15) is 29.2 Å². The van der Waals surface area contributed by atoms with Crippen LogP contribution in [-0.4, -0.2) is 82.8 Å². The smallest absolute Gasteiger partial charge is 0.243 e. The second-order valence-electron chi connectivity index (χ2n) is 14.9. The number of aromatic nitrogens is 1. The van der Waals surface area contributed by atoms with Crippen LogP contribution in [0.1, 0.15) is 90.4 Å². The summed E-state index contributed by atoms with van der Waals surface area (Å²) in [6.45, 7) is 3.25. The Kier molecular flexibility index (Phi) is 12.0. The molecular weight excluding hydrogens is 658 g/mol. The summed E-state index contributed by atoms with van der Waals surface area (Å²) in [7, 11) is 1.61. The molecule has 2 aromatic carbocycles. The second kappa shape index (κ2) is 16.8. The van der Waals surface area contributed by atoms with Gasteiger partial charge in [-0.3, -0.25) is 19.2 Å². The van der Waals surface area contributed by atoms with Crippen LogP contribution < -0.4 is 20.5 Å². The molecule has 3 aliphatic rings. The van der Waals surface area contributed by atoms with Crippen LogP contribution in [-0.2, 0) is 19.2 Å². The van der Waals surface area contributed by atoms with Crippen LogP contribution in [0.5, 0.6) is 11.5 Å². The molecule has 0 aliphatic carbocycles. The van der Waals surface area contributed by atoms with E-state index in [1.54, 1.807) is 18.9 Å². The van der Waals surface area contributed by atoms with Gasteiger partial charge in [-0.15, -0.1) is 0 Å². The number of likely N-dealkylation sites (tertiary alicyclic amines) is 1. The number of hydrogen-bond donors (Lipinski definition) is 2. The Morgan fingerprint density at radius 2 is 1.65 bits per heavy atom. The predicted molar refractivity (Wildman–Crippen MR) is 199 cm³/mol. The van der Waals surface area contributed by atoms with E-state index in [2.05, 4.69) is 5.32 Å². The van der Waals surface area contributed by atoms with Gasteiger partial charge in [-0.25, -0.2) is 4.98 Å². The SMILES string of the molecule is COc1ccc2c(O[C@@H]3C[C@H]4C(=O)N[C@@](C)(C(N)=O)CCCCCCCC[C@H](CC(=O)N5CCCCC5)C(=O)N4C3)cc(-c3ccccc3)nc2c1. The summed E-state index contributed by atoms with van der Waals surface area (Å²) in [4.78, 5) is 63.6. The van der Waals surface area contributed by atoms with E-state index in [1.807, 2.05) is 59.5 Å². The Labute approximate surface area is 306 Å². The van der Waals surface area contributed by atoms with Gasteiger partial charge in [0.15, 0.2) is 0 Å². The first-order chi connectivity index (χ1) is 25.1. The monoisotopic (exact) mass is 711 g/mol. The number of benzene rings is 2. The van der Waals surface area contributed by atoms with E-state index < -0.39 is 35.4 Å². The molecule has 11 nitrogen and oxygen atoms in total. The Hall–Kier alpha value is -4.67. The highest BCUT2D eigenvalue weighted by molar-refractivity contribution is 5.95. The van der Waals surface area contributed by atoms with E-state index in [0.29, 0.717) is 48.6 Å². The quantitative estimate of drug-likeness (QED) is 0.317. The van der Waals surface area contributed by atoms with Crippen molar-refractivity contribution < 1.29 is 28.7 Å². The normalized spacial score (nSPS) is 25.1. The van der Waals surface area contributed by atoms with Crippen LogP contribution in [0.15, 0.2) is 54.6 Å². The number of nitrogens with one attached hydrogen (secondary N) is 1. The average Bonchev–Trinajstić information content (AvgIpc) is 3.58. The second-order valence-corrected chi connectivity index (χ2v) is 14.9. The van der Waals surface area contributed by atoms with Crippen molar-refractivity contribution in [1.82, 2.24) is 20.1 Å². The van der Waals surface area contributed by atoms with Crippen molar-refractivity contribution in [3.63, 3.8) is 0 Å². The molecule has 11 heteroatoms. The summed E-state index contributed by atoms with van der Waals surface area (Å²) in [6.07, 6.45) is 9.23. The van der Waals surface area contributed by atoms with E-state index in [4.69, 9.17) is 20.2 Å². The van der Waals surface area contributed by atoms with Gasteiger partial charge in [0.25, 0.3) is 0 Å². The number of hydrogen-bond acceptors (Lipinski definition) is 7. The first kappa shape index (κ1) is 37.1. The average molecular weight is 712 g/mol. The number of primary amides is 1. The predicted octanol–water partition coefficient (Wildman–Crippen LogP) is 5.77. The highest BCUT2D eigenvalue weighted by Crippen LogP contribution is 2.35. The van der Waals surface area contributed by atoms with Crippen LogP contribution in [0.3, 0.4) is 0 Å². The van der Waals surface area contributed by atoms with Crippen LogP contribution in [0, 0.1) is 5.92 Å². The lowest BCUT2D eigenvalue weighted by molar-refractivity contribution is -0.146. The third kappa shape index (κ3) is 8.68. The molecule has 52 heavy (non-hydrogen) atoms. The fourth-order valence-electron chi connectivity index (χ4n) is 7.92. The summed E-state index contributed by atoms with van der Waals surface area (Å²) in [5, 5.41) is 3.73. The number of piperidine rings is 1. The first-order valence-corrected chi connectivity index (χ1v) is 19.1. The van der Waals surface area contributed by atoms with E-state index in [9.17, 15) is 19.2 Å². The van der Waals surface area contributed by atoms with Crippen molar-refractivity contribution in [2.45, 2.75) is 108 Å². The number of nitrogens with two attached hydrogens (primary N) is 1. The molecule has 4 heterocycles. The minimum Gasteiger partial charge on any atom is -0.497 e. The van der Waals surface area contributed by atoms with E-state index in [0.717, 1.165) is 68.7 Å². The molecule has 0 radical (unpaired) electrons. The molecule has 6 rings (SSSR count). The molecule has 3 fully saturated rings. The zero-order valence-corrected chi connectivity index (χ0v) is 30.6. The molecule has 3 saturated heterocycles. The molecule has 4 amide bonds. The number of ether oxygens (including phenoxy) is 2. The minimum atomic E-state index is -1.26. The van der Waals surface area contributed by atoms with Crippen LogP contribution in [0.25, 0.3) is 22.2 Å². The lowest BCUT2D eigenvalue weighted by atomic mass is 9.92. The molecule has 0 spiro atoms. The van der Waals surface area contributed by atoms with Gasteiger partial charge < -0.3 is 30.3 Å². The maximum atomic E-state index is 14.6. The van der Waals surface area contributed by atoms with Gasteiger partial charge >= 0.3 is 0 Å². The van der Waals surface area contributed by atoms with Crippen LogP contribution in [0.4, 0.5) is 0 Å². The number of methoxy groups -OCH3 is 1. The molecule has 3 aromatic rings. The zero-order valence-electron chi connectivity index (χ0n) is 30.6. The lowest BCUT2D eigenvalue weighted by Crippen LogP contribution is -2.59. The number of amides is 4. The maximum absolute atomic E-state index is 14.6. The van der Waals surface area contributed by atoms with Crippen molar-refractivity contribution in [2.75, 3.05) is 26.7 Å². The first-order valence-electron chi connectivity index (χ1n) is 19.1. The molecule has 1 aromatic heterocycles. The number of rotatable bonds is 7. The molecule has 0 saturated carbocycles. The van der Waals surface area contributed by atoms with Gasteiger partial charge in [-0.1, -0.05) is 68.9 Å². The van der Waals surface area contributed by atoms with Crippen molar-refractivity contribution in [2.24, 2.45) is 11.7 Å². The number of fused-ring (bicyclic) bond motifs is 2. The number of carbonyl (C=O) groups excluding carboxylic acids is 4. The number of pyridine rings is 1. The van der Waals surface area contributed by atoms with Gasteiger partial charge in [-0.2, -0.15) is 0 Å². The number of carbonyl (C=O) groups is 4. The molecule has 0 bridgehead atoms.